The summed E-state index contributed by atoms with van der Waals surface area (Å²) in [6, 6.07) is 4.20. The van der Waals surface area contributed by atoms with Crippen LogP contribution in [0.15, 0.2) is 18.2 Å². The van der Waals surface area contributed by atoms with Gasteiger partial charge in [-0.1, -0.05) is 0 Å². The van der Waals surface area contributed by atoms with E-state index in [9.17, 15) is 9.59 Å². The molecule has 104 valence electrons. The Hall–Kier alpha value is -2.08. The maximum absolute atomic E-state index is 11.6. The molecule has 1 aromatic carbocycles. The molecule has 0 radical (unpaired) electrons. The fourth-order valence-electron chi connectivity index (χ4n) is 1.50. The fourth-order valence-corrected chi connectivity index (χ4v) is 1.50. The molecule has 1 amide bonds. The largest absolute Gasteiger partial charge is 0.478 e. The second kappa shape index (κ2) is 7.38. The molecule has 0 aromatic heterocycles. The average molecular weight is 266 g/mol. The molecule has 19 heavy (non-hydrogen) atoms. The van der Waals surface area contributed by atoms with Crippen LogP contribution in [0, 0.1) is 0 Å². The van der Waals surface area contributed by atoms with Crippen molar-refractivity contribution in [1.82, 2.24) is 0 Å². The van der Waals surface area contributed by atoms with Gasteiger partial charge in [0.2, 0.25) is 5.91 Å². The summed E-state index contributed by atoms with van der Waals surface area (Å²) in [4.78, 5) is 22.3. The van der Waals surface area contributed by atoms with Gasteiger partial charge in [-0.15, -0.1) is 0 Å². The number of carboxylic acids is 1. The standard InChI is InChI=1S/C13H18N2O4/c1-2-19-7-3-4-12(16)15-11-6-5-9(13(17)18)8-10(11)14/h5-6,8H,2-4,7,14H2,1H3,(H,15,16)(H,17,18). The Balaban J connectivity index is 2.52. The molecule has 0 unspecified atom stereocenters. The summed E-state index contributed by atoms with van der Waals surface area (Å²) >= 11 is 0. The summed E-state index contributed by atoms with van der Waals surface area (Å²) < 4.78 is 5.13. The summed E-state index contributed by atoms with van der Waals surface area (Å²) in [6.07, 6.45) is 0.965. The highest BCUT2D eigenvalue weighted by molar-refractivity contribution is 5.96. The van der Waals surface area contributed by atoms with Crippen LogP contribution in [-0.4, -0.2) is 30.2 Å². The molecule has 6 heteroatoms. The van der Waals surface area contributed by atoms with Gasteiger partial charge in [-0.05, 0) is 31.5 Å². The number of carboxylic acid groups (broad SMARTS) is 1. The minimum absolute atomic E-state index is 0.0897. The molecule has 0 bridgehead atoms. The Kier molecular flexibility index (Phi) is 5.81. The van der Waals surface area contributed by atoms with Gasteiger partial charge in [-0.2, -0.15) is 0 Å². The lowest BCUT2D eigenvalue weighted by Gasteiger charge is -2.09. The summed E-state index contributed by atoms with van der Waals surface area (Å²) in [5, 5.41) is 11.4. The van der Waals surface area contributed by atoms with Crippen molar-refractivity contribution in [2.45, 2.75) is 19.8 Å². The maximum Gasteiger partial charge on any atom is 0.335 e. The van der Waals surface area contributed by atoms with E-state index in [0.717, 1.165) is 0 Å². The average Bonchev–Trinajstić information content (AvgIpc) is 2.37. The normalized spacial score (nSPS) is 10.2. The number of nitrogens with one attached hydrogen (secondary N) is 1. The van der Waals surface area contributed by atoms with E-state index in [1.807, 2.05) is 6.92 Å². The quantitative estimate of drug-likeness (QED) is 0.515. The van der Waals surface area contributed by atoms with Crippen LogP contribution < -0.4 is 11.1 Å². The third-order valence-electron chi connectivity index (χ3n) is 2.47. The molecule has 0 saturated carbocycles. The molecule has 0 aliphatic rings. The van der Waals surface area contributed by atoms with Crippen molar-refractivity contribution in [3.05, 3.63) is 23.8 Å². The monoisotopic (exact) mass is 266 g/mol. The van der Waals surface area contributed by atoms with Crippen LogP contribution in [0.25, 0.3) is 0 Å². The zero-order valence-electron chi connectivity index (χ0n) is 10.8. The SMILES string of the molecule is CCOCCCC(=O)Nc1ccc(C(=O)O)cc1N. The summed E-state index contributed by atoms with van der Waals surface area (Å²) in [5.41, 5.74) is 6.43. The molecule has 0 atom stereocenters. The first-order valence-electron chi connectivity index (χ1n) is 6.05. The van der Waals surface area contributed by atoms with Crippen LogP contribution in [0.3, 0.4) is 0 Å². The highest BCUT2D eigenvalue weighted by Gasteiger charge is 2.08. The van der Waals surface area contributed by atoms with Crippen LogP contribution in [0.4, 0.5) is 11.4 Å². The van der Waals surface area contributed by atoms with E-state index in [-0.39, 0.29) is 17.2 Å². The van der Waals surface area contributed by atoms with E-state index in [4.69, 9.17) is 15.6 Å². The Bertz CT molecular complexity index is 460. The van der Waals surface area contributed by atoms with Gasteiger partial charge in [0.25, 0.3) is 0 Å². The third kappa shape index (κ3) is 4.97. The molecule has 4 N–H and O–H groups in total. The number of nitrogen functional groups attached to an aromatic ring is 1. The van der Waals surface area contributed by atoms with E-state index in [1.54, 1.807) is 0 Å². The number of hydrogen-bond acceptors (Lipinski definition) is 4. The van der Waals surface area contributed by atoms with Crippen molar-refractivity contribution in [2.75, 3.05) is 24.3 Å². The molecule has 1 rings (SSSR count). The topological polar surface area (TPSA) is 102 Å². The number of carbonyl (C=O) groups excluding carboxylic acids is 1. The number of hydrogen-bond donors (Lipinski definition) is 3. The van der Waals surface area contributed by atoms with Gasteiger partial charge in [0.15, 0.2) is 0 Å². The maximum atomic E-state index is 11.6. The van der Waals surface area contributed by atoms with Gasteiger partial charge in [0, 0.05) is 19.6 Å². The second-order valence-electron chi connectivity index (χ2n) is 3.96. The van der Waals surface area contributed by atoms with Crippen LogP contribution in [0.2, 0.25) is 0 Å². The van der Waals surface area contributed by atoms with Gasteiger partial charge in [-0.3, -0.25) is 4.79 Å². The number of nitrogens with two attached hydrogens (primary N) is 1. The van der Waals surface area contributed by atoms with Gasteiger partial charge in [0.05, 0.1) is 16.9 Å². The molecule has 0 aliphatic heterocycles. The molecule has 0 aliphatic carbocycles. The minimum Gasteiger partial charge on any atom is -0.478 e. The van der Waals surface area contributed by atoms with E-state index < -0.39 is 5.97 Å². The Labute approximate surface area is 111 Å². The molecule has 1 aromatic rings. The number of ether oxygens (including phenoxy) is 1. The third-order valence-corrected chi connectivity index (χ3v) is 2.47. The first-order valence-corrected chi connectivity index (χ1v) is 6.05. The van der Waals surface area contributed by atoms with Crippen molar-refractivity contribution in [1.29, 1.82) is 0 Å². The Morgan fingerprint density at radius 2 is 2.16 bits per heavy atom. The molecule has 6 nitrogen and oxygen atoms in total. The Morgan fingerprint density at radius 1 is 1.42 bits per heavy atom. The highest BCUT2D eigenvalue weighted by Crippen LogP contribution is 2.20. The van der Waals surface area contributed by atoms with Crippen LogP contribution in [-0.2, 0) is 9.53 Å². The van der Waals surface area contributed by atoms with Gasteiger partial charge in [0.1, 0.15) is 0 Å². The van der Waals surface area contributed by atoms with Crippen molar-refractivity contribution >= 4 is 23.3 Å². The predicted molar refractivity (Wildman–Crippen MR) is 72.2 cm³/mol. The highest BCUT2D eigenvalue weighted by atomic mass is 16.5. The summed E-state index contributed by atoms with van der Waals surface area (Å²) in [5.74, 6) is -1.23. The lowest BCUT2D eigenvalue weighted by atomic mass is 10.1. The van der Waals surface area contributed by atoms with E-state index in [1.165, 1.54) is 18.2 Å². The molecular weight excluding hydrogens is 248 g/mol. The van der Waals surface area contributed by atoms with E-state index in [2.05, 4.69) is 5.32 Å². The van der Waals surface area contributed by atoms with Crippen LogP contribution >= 0.6 is 0 Å². The molecule has 0 fully saturated rings. The van der Waals surface area contributed by atoms with Gasteiger partial charge < -0.3 is 20.9 Å². The fraction of sp³-hybridized carbons (Fsp3) is 0.385. The minimum atomic E-state index is -1.05. The molecular formula is C13H18N2O4. The van der Waals surface area contributed by atoms with E-state index in [0.29, 0.717) is 31.7 Å². The molecule has 0 spiro atoms. The number of rotatable bonds is 7. The van der Waals surface area contributed by atoms with Crippen LogP contribution in [0.5, 0.6) is 0 Å². The lowest BCUT2D eigenvalue weighted by Crippen LogP contribution is -2.14. The first kappa shape index (κ1) is 15.0. The van der Waals surface area contributed by atoms with Crippen molar-refractivity contribution < 1.29 is 19.4 Å². The number of carbonyl (C=O) groups is 2. The number of benzene rings is 1. The van der Waals surface area contributed by atoms with Crippen molar-refractivity contribution in [3.63, 3.8) is 0 Å². The smallest absolute Gasteiger partial charge is 0.335 e. The van der Waals surface area contributed by atoms with Gasteiger partial charge in [-0.25, -0.2) is 4.79 Å². The predicted octanol–water partition coefficient (Wildman–Crippen LogP) is 1.72. The summed E-state index contributed by atoms with van der Waals surface area (Å²) in [7, 11) is 0. The molecule has 0 saturated heterocycles. The Morgan fingerprint density at radius 3 is 2.74 bits per heavy atom. The van der Waals surface area contributed by atoms with Crippen molar-refractivity contribution in [3.8, 4) is 0 Å². The zero-order chi connectivity index (χ0) is 14.3. The van der Waals surface area contributed by atoms with Crippen LogP contribution in [0.1, 0.15) is 30.1 Å². The lowest BCUT2D eigenvalue weighted by molar-refractivity contribution is -0.116. The van der Waals surface area contributed by atoms with E-state index >= 15 is 0 Å². The number of amides is 1. The molecule has 0 heterocycles. The van der Waals surface area contributed by atoms with Crippen molar-refractivity contribution in [2.24, 2.45) is 0 Å². The number of anilines is 2. The second-order valence-corrected chi connectivity index (χ2v) is 3.96. The zero-order valence-corrected chi connectivity index (χ0v) is 10.8. The van der Waals surface area contributed by atoms with Gasteiger partial charge >= 0.3 is 5.97 Å². The number of aromatic carboxylic acids is 1. The summed E-state index contributed by atoms with van der Waals surface area (Å²) in [6.45, 7) is 3.06. The first-order chi connectivity index (χ1) is 9.04.